The molecule has 1 aliphatic rings. The summed E-state index contributed by atoms with van der Waals surface area (Å²) in [6.07, 6.45) is 2.24. The lowest BCUT2D eigenvalue weighted by molar-refractivity contribution is -0.384. The van der Waals surface area contributed by atoms with Crippen LogP contribution in [0.5, 0.6) is 0 Å². The summed E-state index contributed by atoms with van der Waals surface area (Å²) >= 11 is 0. The van der Waals surface area contributed by atoms with E-state index >= 15 is 0 Å². The summed E-state index contributed by atoms with van der Waals surface area (Å²) in [7, 11) is 0. The number of nitro benzene ring substituents is 1. The molecule has 23 heavy (non-hydrogen) atoms. The van der Waals surface area contributed by atoms with E-state index in [1.807, 2.05) is 41.3 Å². The third kappa shape index (κ3) is 3.06. The highest BCUT2D eigenvalue weighted by atomic mass is 16.6. The molecule has 0 aromatic heterocycles. The van der Waals surface area contributed by atoms with Crippen LogP contribution in [0.15, 0.2) is 60.7 Å². The zero-order valence-corrected chi connectivity index (χ0v) is 12.3. The summed E-state index contributed by atoms with van der Waals surface area (Å²) in [4.78, 5) is 23.8. The molecule has 0 amide bonds. The molecule has 1 aliphatic heterocycles. The van der Waals surface area contributed by atoms with Crippen LogP contribution in [0.4, 0.5) is 11.4 Å². The molecule has 1 unspecified atom stereocenters. The van der Waals surface area contributed by atoms with Crippen LogP contribution in [-0.2, 0) is 4.79 Å². The van der Waals surface area contributed by atoms with Crippen molar-refractivity contribution in [2.24, 2.45) is 0 Å². The van der Waals surface area contributed by atoms with Crippen molar-refractivity contribution in [3.05, 3.63) is 76.4 Å². The van der Waals surface area contributed by atoms with Crippen molar-refractivity contribution < 1.29 is 9.72 Å². The molecule has 2 aromatic carbocycles. The summed E-state index contributed by atoms with van der Waals surface area (Å²) < 4.78 is 0. The van der Waals surface area contributed by atoms with Crippen molar-refractivity contribution in [1.29, 1.82) is 0 Å². The normalized spacial score (nSPS) is 17.1. The standard InChI is InChI=1S/C17H15N3O3/c21-12-17-18-16(13-5-4-8-15(11-13)20(22)23)9-10-19(17)14-6-2-1-3-7-14/h1-9,11-12,17-18H,10H2. The maximum Gasteiger partial charge on any atom is 0.270 e. The molecule has 1 atom stereocenters. The molecule has 0 spiro atoms. The number of carbonyl (C=O) groups excluding carboxylic acids is 1. The van der Waals surface area contributed by atoms with Crippen LogP contribution < -0.4 is 10.2 Å². The van der Waals surface area contributed by atoms with Crippen molar-refractivity contribution in [2.45, 2.75) is 6.17 Å². The van der Waals surface area contributed by atoms with E-state index in [2.05, 4.69) is 5.32 Å². The highest BCUT2D eigenvalue weighted by molar-refractivity contribution is 5.76. The SMILES string of the molecule is O=CC1NC(c2cccc([N+](=O)[O-])c2)=CCN1c1ccccc1. The summed E-state index contributed by atoms with van der Waals surface area (Å²) in [6, 6.07) is 16.0. The van der Waals surface area contributed by atoms with E-state index in [4.69, 9.17) is 0 Å². The lowest BCUT2D eigenvalue weighted by atomic mass is 10.1. The summed E-state index contributed by atoms with van der Waals surface area (Å²) in [5, 5.41) is 14.0. The Kier molecular flexibility index (Phi) is 4.05. The van der Waals surface area contributed by atoms with Gasteiger partial charge in [-0.1, -0.05) is 30.3 Å². The predicted molar refractivity (Wildman–Crippen MR) is 87.8 cm³/mol. The van der Waals surface area contributed by atoms with Crippen LogP contribution in [0.3, 0.4) is 0 Å². The van der Waals surface area contributed by atoms with E-state index < -0.39 is 11.1 Å². The van der Waals surface area contributed by atoms with E-state index in [1.165, 1.54) is 12.1 Å². The number of aldehydes is 1. The van der Waals surface area contributed by atoms with Gasteiger partial charge in [-0.25, -0.2) is 0 Å². The predicted octanol–water partition coefficient (Wildman–Crippen LogP) is 2.57. The minimum atomic E-state index is -0.517. The van der Waals surface area contributed by atoms with Gasteiger partial charge in [0.25, 0.3) is 5.69 Å². The molecular weight excluding hydrogens is 294 g/mol. The maximum absolute atomic E-state index is 11.5. The second-order valence-electron chi connectivity index (χ2n) is 5.14. The average Bonchev–Trinajstić information content (AvgIpc) is 2.62. The molecule has 0 radical (unpaired) electrons. The molecule has 1 heterocycles. The number of hydrogen-bond acceptors (Lipinski definition) is 5. The minimum Gasteiger partial charge on any atom is -0.359 e. The quantitative estimate of drug-likeness (QED) is 0.534. The smallest absolute Gasteiger partial charge is 0.270 e. The number of nitrogens with one attached hydrogen (secondary N) is 1. The van der Waals surface area contributed by atoms with E-state index in [-0.39, 0.29) is 5.69 Å². The van der Waals surface area contributed by atoms with Crippen molar-refractivity contribution in [1.82, 2.24) is 5.32 Å². The first-order valence-electron chi connectivity index (χ1n) is 7.17. The van der Waals surface area contributed by atoms with Crippen LogP contribution >= 0.6 is 0 Å². The van der Waals surface area contributed by atoms with Gasteiger partial charge in [-0.2, -0.15) is 0 Å². The highest BCUT2D eigenvalue weighted by Gasteiger charge is 2.23. The number of nitrogens with zero attached hydrogens (tertiary/aromatic N) is 2. The third-order valence-corrected chi connectivity index (χ3v) is 3.72. The first-order chi connectivity index (χ1) is 11.2. The molecule has 0 saturated heterocycles. The van der Waals surface area contributed by atoms with Gasteiger partial charge >= 0.3 is 0 Å². The summed E-state index contributed by atoms with van der Waals surface area (Å²) in [5.74, 6) is 0. The van der Waals surface area contributed by atoms with Crippen LogP contribution in [0.25, 0.3) is 5.70 Å². The first-order valence-corrected chi connectivity index (χ1v) is 7.17. The Bertz CT molecular complexity index is 759. The summed E-state index contributed by atoms with van der Waals surface area (Å²) in [6.45, 7) is 0.540. The van der Waals surface area contributed by atoms with Gasteiger partial charge in [-0.15, -0.1) is 0 Å². The van der Waals surface area contributed by atoms with Crippen LogP contribution in [0.2, 0.25) is 0 Å². The second kappa shape index (κ2) is 6.31. The number of hydrogen-bond donors (Lipinski definition) is 1. The monoisotopic (exact) mass is 309 g/mol. The number of benzene rings is 2. The highest BCUT2D eigenvalue weighted by Crippen LogP contribution is 2.24. The number of para-hydroxylation sites is 1. The Morgan fingerprint density at radius 3 is 2.65 bits per heavy atom. The Morgan fingerprint density at radius 2 is 1.96 bits per heavy atom. The number of rotatable bonds is 4. The number of anilines is 1. The molecular formula is C17H15N3O3. The molecule has 1 N–H and O–H groups in total. The molecule has 2 aromatic rings. The maximum atomic E-state index is 11.5. The Hall–Kier alpha value is -3.15. The first kappa shape index (κ1) is 14.8. The van der Waals surface area contributed by atoms with Gasteiger partial charge in [0.2, 0.25) is 0 Å². The fourth-order valence-electron chi connectivity index (χ4n) is 2.58. The molecule has 0 saturated carbocycles. The van der Waals surface area contributed by atoms with Gasteiger partial charge in [0.05, 0.1) is 4.92 Å². The van der Waals surface area contributed by atoms with Gasteiger partial charge in [0.15, 0.2) is 12.5 Å². The van der Waals surface area contributed by atoms with E-state index in [0.717, 1.165) is 17.7 Å². The van der Waals surface area contributed by atoms with Gasteiger partial charge in [-0.3, -0.25) is 14.9 Å². The fourth-order valence-corrected chi connectivity index (χ4v) is 2.58. The van der Waals surface area contributed by atoms with Crippen molar-refractivity contribution in [3.8, 4) is 0 Å². The molecule has 0 bridgehead atoms. The fraction of sp³-hybridized carbons (Fsp3) is 0.118. The number of carbonyl (C=O) groups is 1. The van der Waals surface area contributed by atoms with Gasteiger partial charge in [-0.05, 0) is 18.2 Å². The van der Waals surface area contributed by atoms with Gasteiger partial charge < -0.3 is 10.2 Å². The Morgan fingerprint density at radius 1 is 1.17 bits per heavy atom. The molecule has 6 nitrogen and oxygen atoms in total. The minimum absolute atomic E-state index is 0.0262. The van der Waals surface area contributed by atoms with Gasteiger partial charge in [0, 0.05) is 35.6 Å². The lowest BCUT2D eigenvalue weighted by Gasteiger charge is -2.35. The van der Waals surface area contributed by atoms with Crippen LogP contribution in [0, 0.1) is 10.1 Å². The van der Waals surface area contributed by atoms with E-state index in [1.54, 1.807) is 12.1 Å². The number of nitro groups is 1. The third-order valence-electron chi connectivity index (χ3n) is 3.72. The number of non-ortho nitro benzene ring substituents is 1. The molecule has 3 rings (SSSR count). The van der Waals surface area contributed by atoms with E-state index in [9.17, 15) is 14.9 Å². The molecule has 116 valence electrons. The topological polar surface area (TPSA) is 75.5 Å². The zero-order chi connectivity index (χ0) is 16.2. The van der Waals surface area contributed by atoms with Crippen molar-refractivity contribution in [3.63, 3.8) is 0 Å². The average molecular weight is 309 g/mol. The Balaban J connectivity index is 1.89. The van der Waals surface area contributed by atoms with E-state index in [0.29, 0.717) is 12.1 Å². The largest absolute Gasteiger partial charge is 0.359 e. The van der Waals surface area contributed by atoms with Gasteiger partial charge in [0.1, 0.15) is 0 Å². The Labute approximate surface area is 133 Å². The van der Waals surface area contributed by atoms with Crippen molar-refractivity contribution in [2.75, 3.05) is 11.4 Å². The lowest BCUT2D eigenvalue weighted by Crippen LogP contribution is -2.49. The van der Waals surface area contributed by atoms with Crippen LogP contribution in [-0.4, -0.2) is 23.9 Å². The van der Waals surface area contributed by atoms with Crippen LogP contribution in [0.1, 0.15) is 5.56 Å². The zero-order valence-electron chi connectivity index (χ0n) is 12.3. The molecule has 0 fully saturated rings. The summed E-state index contributed by atoms with van der Waals surface area (Å²) in [5.41, 5.74) is 2.38. The second-order valence-corrected chi connectivity index (χ2v) is 5.14. The van der Waals surface area contributed by atoms with Crippen molar-refractivity contribution >= 4 is 23.4 Å². The molecule has 0 aliphatic carbocycles. The molecule has 6 heteroatoms.